The summed E-state index contributed by atoms with van der Waals surface area (Å²) in [5.74, 6) is -4.64. The second kappa shape index (κ2) is 11.2. The molecule has 2 bridgehead atoms. The quantitative estimate of drug-likeness (QED) is 0.523. The summed E-state index contributed by atoms with van der Waals surface area (Å²) in [5.41, 5.74) is -0.888. The van der Waals surface area contributed by atoms with Crippen LogP contribution in [0.1, 0.15) is 46.2 Å². The van der Waals surface area contributed by atoms with E-state index in [1.807, 2.05) is 0 Å². The number of hydrogen-bond acceptors (Lipinski definition) is 9. The lowest BCUT2D eigenvalue weighted by molar-refractivity contribution is -0.139. The summed E-state index contributed by atoms with van der Waals surface area (Å²) in [7, 11) is 1.47. The number of ether oxygens (including phenoxy) is 4. The monoisotopic (exact) mass is 590 g/mol. The number of amides is 2. The van der Waals surface area contributed by atoms with Crippen LogP contribution in [0.5, 0.6) is 11.6 Å². The number of aldehydes is 1. The zero-order chi connectivity index (χ0) is 30.4. The number of nitrogens with one attached hydrogen (secondary N) is 1. The van der Waals surface area contributed by atoms with Crippen molar-refractivity contribution in [3.63, 3.8) is 0 Å². The topological polar surface area (TPSA) is 129 Å². The molecule has 13 heteroatoms. The van der Waals surface area contributed by atoms with Crippen molar-refractivity contribution in [1.29, 1.82) is 0 Å². The molecule has 228 valence electrons. The van der Waals surface area contributed by atoms with Crippen molar-refractivity contribution in [2.24, 2.45) is 17.3 Å². The Balaban J connectivity index is 1.55. The fraction of sp³-hybridized carbons (Fsp3) is 0.621. The van der Waals surface area contributed by atoms with Crippen LogP contribution >= 0.6 is 0 Å². The van der Waals surface area contributed by atoms with E-state index in [1.165, 1.54) is 18.1 Å². The first-order chi connectivity index (χ1) is 19.8. The number of halogens is 2. The van der Waals surface area contributed by atoms with Crippen molar-refractivity contribution in [3.8, 4) is 11.6 Å². The summed E-state index contributed by atoms with van der Waals surface area (Å²) in [6, 6.07) is 2.74. The third-order valence-corrected chi connectivity index (χ3v) is 8.12. The molecule has 6 atom stereocenters. The second-order valence-electron chi connectivity index (χ2n) is 12.3. The fourth-order valence-corrected chi connectivity index (χ4v) is 5.37. The second-order valence-corrected chi connectivity index (χ2v) is 12.3. The molecule has 0 unspecified atom stereocenters. The van der Waals surface area contributed by atoms with E-state index in [4.69, 9.17) is 18.9 Å². The molecule has 3 heterocycles. The molecule has 2 fully saturated rings. The van der Waals surface area contributed by atoms with Gasteiger partial charge in [0.15, 0.2) is 5.69 Å². The van der Waals surface area contributed by atoms with E-state index in [9.17, 15) is 14.4 Å². The molecule has 2 amide bonds. The average molecular weight is 591 g/mol. The lowest BCUT2D eigenvalue weighted by atomic mass is 9.85. The number of alkyl carbamates (subject to hydrolysis) is 1. The van der Waals surface area contributed by atoms with Crippen LogP contribution in [-0.4, -0.2) is 84.3 Å². The number of aromatic nitrogens is 2. The maximum atomic E-state index is 15.7. The molecule has 1 saturated heterocycles. The van der Waals surface area contributed by atoms with E-state index < -0.39 is 71.5 Å². The van der Waals surface area contributed by atoms with E-state index in [0.29, 0.717) is 18.5 Å². The number of alkyl halides is 2. The number of carbonyl (C=O) groups is 3. The number of methoxy groups -OCH3 is 1. The average Bonchev–Trinajstić information content (AvgIpc) is 3.59. The first-order valence-corrected chi connectivity index (χ1v) is 14.0. The van der Waals surface area contributed by atoms with E-state index in [-0.39, 0.29) is 36.7 Å². The van der Waals surface area contributed by atoms with Gasteiger partial charge in [0.25, 0.3) is 5.92 Å². The lowest BCUT2D eigenvalue weighted by Crippen LogP contribution is -2.56. The zero-order valence-corrected chi connectivity index (χ0v) is 24.3. The van der Waals surface area contributed by atoms with Gasteiger partial charge in [0.1, 0.15) is 30.3 Å². The number of rotatable bonds is 2. The molecular weight excluding hydrogens is 554 g/mol. The van der Waals surface area contributed by atoms with Crippen molar-refractivity contribution in [2.45, 2.75) is 70.8 Å². The molecule has 2 aromatic rings. The van der Waals surface area contributed by atoms with Crippen molar-refractivity contribution in [3.05, 3.63) is 23.9 Å². The van der Waals surface area contributed by atoms with Crippen LogP contribution in [0.3, 0.4) is 0 Å². The Labute approximate surface area is 242 Å². The van der Waals surface area contributed by atoms with Gasteiger partial charge in [-0.1, -0.05) is 27.7 Å². The summed E-state index contributed by atoms with van der Waals surface area (Å²) in [5, 5.41) is 2.68. The third-order valence-electron chi connectivity index (χ3n) is 8.12. The molecule has 1 aromatic carbocycles. The van der Waals surface area contributed by atoms with Gasteiger partial charge in [0.05, 0.1) is 43.9 Å². The van der Waals surface area contributed by atoms with Crippen LogP contribution < -0.4 is 14.8 Å². The third kappa shape index (κ3) is 5.97. The molecule has 1 aliphatic carbocycles. The number of fused-ring (bicyclic) bond motifs is 5. The van der Waals surface area contributed by atoms with Gasteiger partial charge in [-0.2, -0.15) is 8.78 Å². The van der Waals surface area contributed by atoms with Crippen LogP contribution in [0.4, 0.5) is 13.6 Å². The minimum atomic E-state index is -3.47. The van der Waals surface area contributed by atoms with E-state index in [2.05, 4.69) is 15.3 Å². The largest absolute Gasteiger partial charge is 0.497 e. The van der Waals surface area contributed by atoms with Crippen molar-refractivity contribution in [1.82, 2.24) is 20.2 Å². The highest BCUT2D eigenvalue weighted by Crippen LogP contribution is 2.40. The van der Waals surface area contributed by atoms with Gasteiger partial charge in [0, 0.05) is 24.3 Å². The van der Waals surface area contributed by atoms with Gasteiger partial charge in [-0.3, -0.25) is 4.79 Å². The Hall–Kier alpha value is -3.61. The van der Waals surface area contributed by atoms with Crippen LogP contribution in [0.2, 0.25) is 0 Å². The first kappa shape index (κ1) is 29.9. The molecule has 2 aliphatic heterocycles. The molecule has 1 N–H and O–H groups in total. The van der Waals surface area contributed by atoms with Gasteiger partial charge < -0.3 is 34.0 Å². The Bertz CT molecular complexity index is 1370. The number of carbonyl (C=O) groups excluding carboxylic acids is 3. The molecule has 0 spiro atoms. The number of nitrogens with zero attached hydrogens (tertiary/aromatic N) is 3. The summed E-state index contributed by atoms with van der Waals surface area (Å²) < 4.78 is 53.8. The van der Waals surface area contributed by atoms with E-state index >= 15 is 8.78 Å². The summed E-state index contributed by atoms with van der Waals surface area (Å²) in [4.78, 5) is 48.8. The highest BCUT2D eigenvalue weighted by Gasteiger charge is 2.49. The fourth-order valence-electron chi connectivity index (χ4n) is 5.37. The van der Waals surface area contributed by atoms with E-state index in [0.717, 1.165) is 0 Å². The summed E-state index contributed by atoms with van der Waals surface area (Å²) in [6.45, 7) is 6.82. The molecule has 42 heavy (non-hydrogen) atoms. The van der Waals surface area contributed by atoms with Gasteiger partial charge in [-0.25, -0.2) is 14.8 Å². The molecule has 1 saturated carbocycles. The minimum absolute atomic E-state index is 0.0939. The smallest absolute Gasteiger partial charge is 0.408 e. The Morgan fingerprint density at radius 3 is 2.60 bits per heavy atom. The van der Waals surface area contributed by atoms with E-state index in [1.54, 1.807) is 39.8 Å². The minimum Gasteiger partial charge on any atom is -0.497 e. The summed E-state index contributed by atoms with van der Waals surface area (Å²) in [6.07, 6.45) is -1.61. The Kier molecular flexibility index (Phi) is 7.99. The van der Waals surface area contributed by atoms with Crippen LogP contribution in [0.15, 0.2) is 18.2 Å². The predicted molar refractivity (Wildman–Crippen MR) is 145 cm³/mol. The Morgan fingerprint density at radius 2 is 1.90 bits per heavy atom. The zero-order valence-electron chi connectivity index (χ0n) is 24.3. The van der Waals surface area contributed by atoms with Gasteiger partial charge in [0.2, 0.25) is 11.8 Å². The maximum absolute atomic E-state index is 15.7. The Morgan fingerprint density at radius 1 is 1.14 bits per heavy atom. The standard InChI is InChI=1S/C29H36F2N4O7/c1-15-20(13-36)35-12-22(15)41-25-23(32-18-7-6-17(39-5)11-19(18)33-25)29(30,31)8-9-40-14-16-10-21(16)42-27(38)34-24(26(35)37)28(2,3)4/h6-7,11,13,15-16,20-22,24H,8-10,12,14H2,1-5H3,(H,34,38)/t15-,16-,20+,21+,22-,24+/m0/s1. The number of hydrogen-bond donors (Lipinski definition) is 1. The van der Waals surface area contributed by atoms with Crippen LogP contribution in [0, 0.1) is 17.3 Å². The first-order valence-electron chi connectivity index (χ1n) is 14.0. The van der Waals surface area contributed by atoms with Crippen molar-refractivity contribution in [2.75, 3.05) is 26.9 Å². The molecular formula is C29H36F2N4O7. The van der Waals surface area contributed by atoms with Crippen LogP contribution in [0.25, 0.3) is 11.0 Å². The van der Waals surface area contributed by atoms with Crippen molar-refractivity contribution >= 4 is 29.3 Å². The number of benzene rings is 1. The molecule has 1 aromatic heterocycles. The lowest BCUT2D eigenvalue weighted by Gasteiger charge is -2.34. The van der Waals surface area contributed by atoms with Crippen LogP contribution in [-0.2, 0) is 25.0 Å². The predicted octanol–water partition coefficient (Wildman–Crippen LogP) is 3.47. The molecule has 5 rings (SSSR count). The highest BCUT2D eigenvalue weighted by atomic mass is 19.3. The maximum Gasteiger partial charge on any atom is 0.408 e. The van der Waals surface area contributed by atoms with Gasteiger partial charge in [-0.15, -0.1) is 0 Å². The van der Waals surface area contributed by atoms with Crippen molar-refractivity contribution < 1.29 is 42.1 Å². The molecule has 11 nitrogen and oxygen atoms in total. The molecule has 0 radical (unpaired) electrons. The summed E-state index contributed by atoms with van der Waals surface area (Å²) >= 11 is 0. The van der Waals surface area contributed by atoms with Gasteiger partial charge >= 0.3 is 6.09 Å². The van der Waals surface area contributed by atoms with Gasteiger partial charge in [-0.05, 0) is 24.0 Å². The normalized spacial score (nSPS) is 30.1. The highest BCUT2D eigenvalue weighted by molar-refractivity contribution is 5.89. The SMILES string of the molecule is COc1ccc2nc3c(nc2c1)O[C@H]1CN(C(=O)[C@H](C(C)(C)C)NC(=O)O[C@@H]2C[C@H]2COCCC3(F)F)[C@H](C=O)[C@@H]1C. The molecule has 3 aliphatic rings.